The van der Waals surface area contributed by atoms with Crippen LogP contribution in [0, 0.1) is 0 Å². The maximum absolute atomic E-state index is 9.56. The third-order valence-corrected chi connectivity index (χ3v) is 39.0. The van der Waals surface area contributed by atoms with Crippen molar-refractivity contribution in [2.75, 3.05) is 124 Å². The van der Waals surface area contributed by atoms with Gasteiger partial charge in [-0.3, -0.25) is 16.8 Å². The van der Waals surface area contributed by atoms with Gasteiger partial charge in [0.25, 0.3) is 0 Å². The monoisotopic (exact) mass is 4240 g/mol. The van der Waals surface area contributed by atoms with Crippen molar-refractivity contribution in [3.8, 4) is 0 Å². The molecule has 0 unspecified atom stereocenters. The number of hydrogen-bond acceptors (Lipinski definition) is 4. The van der Waals surface area contributed by atoms with Crippen molar-refractivity contribution in [2.24, 2.45) is 0 Å². The van der Waals surface area contributed by atoms with E-state index >= 15 is 0 Å². The molecule has 12 rings (SSSR count). The minimum atomic E-state index is -0.611. The van der Waals surface area contributed by atoms with Crippen LogP contribution in [0.1, 0.15) is 0 Å². The van der Waals surface area contributed by atoms with Crippen LogP contribution in [-0.2, 0) is 222 Å². The molecule has 0 heterocycles. The normalized spacial score (nSPS) is 9.65. The summed E-state index contributed by atoms with van der Waals surface area (Å²) in [5, 5.41) is 18.1. The van der Waals surface area contributed by atoms with Crippen LogP contribution in [0.5, 0.6) is 0 Å². The summed E-state index contributed by atoms with van der Waals surface area (Å²) in [6.07, 6.45) is 28.6. The number of rotatable bonds is 30. The van der Waals surface area contributed by atoms with Crippen LogP contribution in [-0.4, -0.2) is 141 Å². The molecule has 4 nitrogen and oxygen atoms in total. The zero-order valence-electron chi connectivity index (χ0n) is 69.4. The minimum Gasteiger partial charge on any atom is -1.00 e. The predicted molar refractivity (Wildman–Crippen MR) is 507 cm³/mol. The van der Waals surface area contributed by atoms with Gasteiger partial charge in [0, 0.05) is 93.2 Å². The number of hydrogen-bond donors (Lipinski definition) is 0. The summed E-state index contributed by atoms with van der Waals surface area (Å²) < 4.78 is 38.2. The van der Waals surface area contributed by atoms with E-state index in [0.29, 0.717) is 0 Å². The summed E-state index contributed by atoms with van der Waals surface area (Å²) >= 11 is 0. The molecular weight excluding hydrogens is 4140 g/mol. The van der Waals surface area contributed by atoms with Crippen molar-refractivity contribution in [2.45, 2.75) is 0 Å². The largest absolute Gasteiger partial charge is 1.00 e. The molecule has 0 bridgehead atoms. The van der Waals surface area contributed by atoms with E-state index in [0.717, 1.165) is 0 Å². The van der Waals surface area contributed by atoms with E-state index < -0.39 is 43.2 Å². The van der Waals surface area contributed by atoms with Gasteiger partial charge in [-0.1, -0.05) is 364 Å². The first-order valence-electron chi connectivity index (χ1n) is 36.3. The van der Waals surface area contributed by atoms with E-state index in [1.807, 2.05) is 0 Å². The molecule has 0 saturated carbocycles. The van der Waals surface area contributed by atoms with E-state index in [1.54, 1.807) is 50.0 Å². The first-order valence-corrected chi connectivity index (χ1v) is 57.2. The molecular formula is C92H108Au8I8O4P8S4. The summed E-state index contributed by atoms with van der Waals surface area (Å²) in [6, 6.07) is 136. The van der Waals surface area contributed by atoms with Crippen LogP contribution >= 0.6 is 63.4 Å². The van der Waals surface area contributed by atoms with Gasteiger partial charge in [-0.05, 0) is 185 Å². The molecule has 0 atom stereocenters. The summed E-state index contributed by atoms with van der Waals surface area (Å²) in [5.41, 5.74) is 0. The Bertz CT molecular complexity index is 3490. The maximum atomic E-state index is 9.56. The Labute approximate surface area is 1030 Å². The number of halogens is 8. The Hall–Kier alpha value is 6.44. The van der Waals surface area contributed by atoms with Crippen molar-refractivity contribution in [3.63, 3.8) is 0 Å². The third-order valence-electron chi connectivity index (χ3n) is 16.7. The number of benzene rings is 12. The zero-order valence-corrected chi connectivity index (χ0v) is 114. The zero-order chi connectivity index (χ0) is 76.8. The summed E-state index contributed by atoms with van der Waals surface area (Å²) in [5.74, 6) is 0. The molecule has 0 fully saturated rings. The van der Waals surface area contributed by atoms with Gasteiger partial charge in [-0.25, -0.2) is 0 Å². The van der Waals surface area contributed by atoms with Gasteiger partial charge in [-0.2, -0.15) is 0 Å². The van der Waals surface area contributed by atoms with Gasteiger partial charge in [0.1, 0.15) is 0 Å². The molecule has 0 aliphatic carbocycles. The Kier molecular flexibility index (Phi) is 115. The molecule has 32 heteroatoms. The standard InChI is InChI=1S/2C42H42P4.4C2H6OS.8Au.8HI/c2*1-7-19-37(20-8-1)44(38-21-9-2-10-22-38)34-31-43(32-35-45(39-23-11-3-12-24-39)40-25-13-4-14-26-40)33-36-46(41-27-15-5-16-28-41)42-29-17-6-18-30-42;4*1-4(2)3;;;;;;;;;;;;;;;;/h2*1-30H,31-36H2;4*1-2H3;;;;;;;;;8*1H/q;;;;;;8*+1;;;;;;;;/p-8. The maximum Gasteiger partial charge on any atom is 1.00 e. The van der Waals surface area contributed by atoms with Crippen LogP contribution in [0.4, 0.5) is 0 Å². The Balaban J connectivity index is -0.000000201. The van der Waals surface area contributed by atoms with E-state index in [1.165, 1.54) is 138 Å². The van der Waals surface area contributed by atoms with Crippen LogP contribution in [0.2, 0.25) is 0 Å². The molecule has 0 aliphatic heterocycles. The van der Waals surface area contributed by atoms with Gasteiger partial charge in [-0.15, -0.1) is 15.8 Å². The van der Waals surface area contributed by atoms with E-state index in [-0.39, 0.29) is 434 Å². The molecule has 0 amide bonds. The van der Waals surface area contributed by atoms with Crippen molar-refractivity contribution in [3.05, 3.63) is 364 Å². The molecule has 0 aromatic heterocycles. The molecule has 12 aromatic carbocycles. The summed E-state index contributed by atoms with van der Waals surface area (Å²) in [7, 11) is -5.05. The van der Waals surface area contributed by atoms with Crippen LogP contribution in [0.25, 0.3) is 0 Å². The molecule has 12 aromatic rings. The molecule has 124 heavy (non-hydrogen) atoms. The fourth-order valence-electron chi connectivity index (χ4n) is 11.9. The molecule has 0 radical (unpaired) electrons. The second-order valence-electron chi connectivity index (χ2n) is 25.6. The second kappa shape index (κ2) is 94.4. The molecule has 0 spiro atoms. The smallest absolute Gasteiger partial charge is 1.00 e. The van der Waals surface area contributed by atoms with Crippen molar-refractivity contribution < 1.29 is 388 Å². The van der Waals surface area contributed by atoms with Gasteiger partial charge in [0.05, 0.1) is 0 Å². The summed E-state index contributed by atoms with van der Waals surface area (Å²) in [4.78, 5) is 0. The predicted octanol–water partition coefficient (Wildman–Crippen LogP) is -6.28. The molecule has 0 N–H and O–H groups in total. The van der Waals surface area contributed by atoms with Gasteiger partial charge in [0.15, 0.2) is 0 Å². The van der Waals surface area contributed by atoms with Crippen molar-refractivity contribution >= 4 is 170 Å². The van der Waals surface area contributed by atoms with Crippen LogP contribution < -0.4 is 255 Å². The SMILES string of the molecule is CS(C)=O.CS(C)=O.CS(C)=O.CS(C)=O.[Au+].[Au+].[Au+].[Au+].[Au+].[Au+].[Au+].[Au+].[I-].[I-].[I-].[I-].[I-].[I-].[I-].[I-].c1ccc(P(CCP(CCP(c2ccccc2)c2ccccc2)CCP(c2ccccc2)c2ccccc2)c2ccccc2)cc1.c1ccc(P(CCP(CCP(c2ccccc2)c2ccccc2)CCP(c2ccccc2)c2ccccc2)c2ccccc2)cc1. The van der Waals surface area contributed by atoms with Crippen molar-refractivity contribution in [1.82, 2.24) is 0 Å². The fourth-order valence-corrected chi connectivity index (χ4v) is 36.1. The Morgan fingerprint density at radius 3 is 0.274 bits per heavy atom. The Morgan fingerprint density at radius 2 is 0.210 bits per heavy atom. The van der Waals surface area contributed by atoms with Gasteiger partial charge in [0.2, 0.25) is 0 Å². The van der Waals surface area contributed by atoms with E-state index in [4.69, 9.17) is 0 Å². The first-order chi connectivity index (χ1) is 52.6. The topological polar surface area (TPSA) is 68.3 Å². The van der Waals surface area contributed by atoms with E-state index in [9.17, 15) is 16.8 Å². The molecule has 0 saturated heterocycles. The fraction of sp³-hybridized carbons (Fsp3) is 0.217. The second-order valence-corrected chi connectivity index (χ2v) is 50.9. The summed E-state index contributed by atoms with van der Waals surface area (Å²) in [6.45, 7) is 0. The Morgan fingerprint density at radius 1 is 0.145 bits per heavy atom. The van der Waals surface area contributed by atoms with Crippen molar-refractivity contribution in [1.29, 1.82) is 0 Å². The molecule has 708 valence electrons. The minimum absolute atomic E-state index is 0. The average molecular weight is 4240 g/mol. The van der Waals surface area contributed by atoms with Crippen LogP contribution in [0.3, 0.4) is 0 Å². The first kappa shape index (κ1) is 151. The van der Waals surface area contributed by atoms with Crippen LogP contribution in [0.15, 0.2) is 364 Å². The van der Waals surface area contributed by atoms with Gasteiger partial charge < -0.3 is 192 Å². The van der Waals surface area contributed by atoms with E-state index in [2.05, 4.69) is 364 Å². The quantitative estimate of drug-likeness (QED) is 0.0256. The van der Waals surface area contributed by atoms with Gasteiger partial charge >= 0.3 is 179 Å². The average Bonchev–Trinajstić information content (AvgIpc) is 0.847. The molecule has 0 aliphatic rings. The third kappa shape index (κ3) is 64.1.